The van der Waals surface area contributed by atoms with E-state index in [2.05, 4.69) is 10.3 Å². The van der Waals surface area contributed by atoms with E-state index in [-0.39, 0.29) is 0 Å². The molecular weight excluding hydrogens is 286 g/mol. The fraction of sp³-hybridized carbons (Fsp3) is 0.0667. The molecule has 0 saturated heterocycles. The number of hydrogen-bond acceptors (Lipinski definition) is 4. The Morgan fingerprint density at radius 3 is 2.29 bits per heavy atom. The van der Waals surface area contributed by atoms with E-state index in [4.69, 9.17) is 23.1 Å². The van der Waals surface area contributed by atoms with Gasteiger partial charge in [-0.15, -0.1) is 5.10 Å². The first-order valence-corrected chi connectivity index (χ1v) is 6.83. The third kappa shape index (κ3) is 2.61. The number of anilines is 1. The van der Waals surface area contributed by atoms with Crippen LogP contribution < -0.4 is 11.5 Å². The number of halogens is 1. The third-order valence-electron chi connectivity index (χ3n) is 3.24. The van der Waals surface area contributed by atoms with Gasteiger partial charge in [0.15, 0.2) is 5.82 Å². The Kier molecular flexibility index (Phi) is 3.60. The van der Waals surface area contributed by atoms with Gasteiger partial charge in [-0.25, -0.2) is 0 Å². The van der Waals surface area contributed by atoms with Gasteiger partial charge in [-0.1, -0.05) is 41.1 Å². The SMILES string of the molecule is NCc1ccc(-c2nnn(-c3ccc(Cl)cc3)c2N)cc1. The van der Waals surface area contributed by atoms with Gasteiger partial charge in [0.05, 0.1) is 5.69 Å². The normalized spacial score (nSPS) is 10.8. The molecule has 0 aliphatic heterocycles. The van der Waals surface area contributed by atoms with Gasteiger partial charge in [0, 0.05) is 17.1 Å². The topological polar surface area (TPSA) is 82.8 Å². The standard InChI is InChI=1S/C15H14ClN5/c16-12-5-7-13(8-6-12)21-15(18)14(19-20-21)11-3-1-10(9-17)2-4-11/h1-8H,9,17-18H2. The molecule has 0 aliphatic rings. The zero-order valence-corrected chi connectivity index (χ0v) is 12.0. The molecule has 0 saturated carbocycles. The Balaban J connectivity index is 2.00. The van der Waals surface area contributed by atoms with E-state index in [1.54, 1.807) is 16.8 Å². The molecule has 0 fully saturated rings. The van der Waals surface area contributed by atoms with E-state index < -0.39 is 0 Å². The number of nitrogen functional groups attached to an aromatic ring is 1. The number of hydrogen-bond donors (Lipinski definition) is 2. The van der Waals surface area contributed by atoms with E-state index in [9.17, 15) is 0 Å². The smallest absolute Gasteiger partial charge is 0.155 e. The van der Waals surface area contributed by atoms with Gasteiger partial charge in [-0.2, -0.15) is 4.68 Å². The summed E-state index contributed by atoms with van der Waals surface area (Å²) in [5.74, 6) is 0.484. The minimum absolute atomic E-state index is 0.484. The Morgan fingerprint density at radius 1 is 1.00 bits per heavy atom. The van der Waals surface area contributed by atoms with E-state index in [0.717, 1.165) is 16.8 Å². The van der Waals surface area contributed by atoms with Crippen molar-refractivity contribution in [3.63, 3.8) is 0 Å². The Hall–Kier alpha value is -2.37. The van der Waals surface area contributed by atoms with Gasteiger partial charge in [0.2, 0.25) is 0 Å². The van der Waals surface area contributed by atoms with Crippen molar-refractivity contribution in [2.24, 2.45) is 5.73 Å². The summed E-state index contributed by atoms with van der Waals surface area (Å²) in [6.45, 7) is 0.507. The van der Waals surface area contributed by atoms with Gasteiger partial charge in [-0.05, 0) is 29.8 Å². The van der Waals surface area contributed by atoms with Crippen molar-refractivity contribution in [2.45, 2.75) is 6.54 Å². The highest BCUT2D eigenvalue weighted by Gasteiger charge is 2.12. The summed E-state index contributed by atoms with van der Waals surface area (Å²) in [6, 6.07) is 15.0. The number of benzene rings is 2. The van der Waals surface area contributed by atoms with Crippen molar-refractivity contribution in [3.05, 3.63) is 59.1 Å². The van der Waals surface area contributed by atoms with E-state index in [0.29, 0.717) is 23.1 Å². The molecular formula is C15H14ClN5. The number of nitrogens with zero attached hydrogens (tertiary/aromatic N) is 3. The summed E-state index contributed by atoms with van der Waals surface area (Å²) in [5, 5.41) is 8.93. The minimum atomic E-state index is 0.484. The van der Waals surface area contributed by atoms with Crippen LogP contribution in [0.4, 0.5) is 5.82 Å². The molecule has 0 bridgehead atoms. The van der Waals surface area contributed by atoms with Gasteiger partial charge in [0.25, 0.3) is 0 Å². The van der Waals surface area contributed by atoms with Crippen molar-refractivity contribution in [3.8, 4) is 16.9 Å². The molecule has 3 rings (SSSR count). The van der Waals surface area contributed by atoms with Crippen molar-refractivity contribution >= 4 is 17.4 Å². The average molecular weight is 300 g/mol. The maximum absolute atomic E-state index is 6.16. The first kappa shape index (κ1) is 13.6. The molecule has 1 heterocycles. The van der Waals surface area contributed by atoms with Gasteiger partial charge in [0.1, 0.15) is 5.69 Å². The highest BCUT2D eigenvalue weighted by molar-refractivity contribution is 6.30. The molecule has 0 unspecified atom stereocenters. The molecule has 0 amide bonds. The molecule has 2 aromatic carbocycles. The Labute approximate surface area is 127 Å². The predicted molar refractivity (Wildman–Crippen MR) is 84.1 cm³/mol. The molecule has 0 radical (unpaired) electrons. The molecule has 21 heavy (non-hydrogen) atoms. The maximum Gasteiger partial charge on any atom is 0.155 e. The molecule has 1 aromatic heterocycles. The monoisotopic (exact) mass is 299 g/mol. The number of rotatable bonds is 3. The Bertz CT molecular complexity index is 747. The summed E-state index contributed by atoms with van der Waals surface area (Å²) in [5.41, 5.74) is 15.2. The quantitative estimate of drug-likeness (QED) is 0.779. The van der Waals surface area contributed by atoms with E-state index >= 15 is 0 Å². The van der Waals surface area contributed by atoms with Gasteiger partial charge in [-0.3, -0.25) is 0 Å². The summed E-state index contributed by atoms with van der Waals surface area (Å²) in [7, 11) is 0. The van der Waals surface area contributed by atoms with Crippen LogP contribution in [0.3, 0.4) is 0 Å². The largest absolute Gasteiger partial charge is 0.382 e. The van der Waals surface area contributed by atoms with Crippen LogP contribution >= 0.6 is 11.6 Å². The van der Waals surface area contributed by atoms with Gasteiger partial charge < -0.3 is 11.5 Å². The molecule has 0 atom stereocenters. The molecule has 106 valence electrons. The zero-order valence-electron chi connectivity index (χ0n) is 11.2. The lowest BCUT2D eigenvalue weighted by atomic mass is 10.1. The Morgan fingerprint density at radius 2 is 1.67 bits per heavy atom. The second-order valence-electron chi connectivity index (χ2n) is 4.61. The lowest BCUT2D eigenvalue weighted by molar-refractivity contribution is 0.810. The lowest BCUT2D eigenvalue weighted by Gasteiger charge is -2.04. The molecule has 0 aliphatic carbocycles. The van der Waals surface area contributed by atoms with Crippen LogP contribution in [-0.2, 0) is 6.54 Å². The van der Waals surface area contributed by atoms with Crippen LogP contribution in [0.1, 0.15) is 5.56 Å². The highest BCUT2D eigenvalue weighted by atomic mass is 35.5. The molecule has 3 aromatic rings. The summed E-state index contributed by atoms with van der Waals surface area (Å²) < 4.78 is 1.59. The van der Waals surface area contributed by atoms with Crippen molar-refractivity contribution in [1.82, 2.24) is 15.0 Å². The predicted octanol–water partition coefficient (Wildman–Crippen LogP) is 2.63. The lowest BCUT2D eigenvalue weighted by Crippen LogP contribution is -2.02. The first-order chi connectivity index (χ1) is 10.2. The molecule has 5 nitrogen and oxygen atoms in total. The van der Waals surface area contributed by atoms with E-state index in [1.807, 2.05) is 36.4 Å². The third-order valence-corrected chi connectivity index (χ3v) is 3.49. The second kappa shape index (κ2) is 5.55. The molecule has 6 heteroatoms. The van der Waals surface area contributed by atoms with Crippen LogP contribution in [0, 0.1) is 0 Å². The van der Waals surface area contributed by atoms with Crippen LogP contribution in [0.15, 0.2) is 48.5 Å². The van der Waals surface area contributed by atoms with Crippen LogP contribution in [0.5, 0.6) is 0 Å². The van der Waals surface area contributed by atoms with Crippen LogP contribution in [0.2, 0.25) is 5.02 Å². The van der Waals surface area contributed by atoms with Crippen molar-refractivity contribution in [2.75, 3.05) is 5.73 Å². The van der Waals surface area contributed by atoms with E-state index in [1.165, 1.54) is 0 Å². The van der Waals surface area contributed by atoms with Gasteiger partial charge >= 0.3 is 0 Å². The fourth-order valence-electron chi connectivity index (χ4n) is 2.07. The minimum Gasteiger partial charge on any atom is -0.382 e. The average Bonchev–Trinajstić information content (AvgIpc) is 2.90. The summed E-state index contributed by atoms with van der Waals surface area (Å²) in [4.78, 5) is 0. The zero-order chi connectivity index (χ0) is 14.8. The summed E-state index contributed by atoms with van der Waals surface area (Å²) in [6.07, 6.45) is 0. The highest BCUT2D eigenvalue weighted by Crippen LogP contribution is 2.26. The number of nitrogens with two attached hydrogens (primary N) is 2. The maximum atomic E-state index is 6.16. The molecule has 4 N–H and O–H groups in total. The van der Waals surface area contributed by atoms with Crippen LogP contribution in [-0.4, -0.2) is 15.0 Å². The van der Waals surface area contributed by atoms with Crippen molar-refractivity contribution < 1.29 is 0 Å². The number of aromatic nitrogens is 3. The summed E-state index contributed by atoms with van der Waals surface area (Å²) >= 11 is 5.88. The first-order valence-electron chi connectivity index (χ1n) is 6.45. The molecule has 0 spiro atoms. The fourth-order valence-corrected chi connectivity index (χ4v) is 2.19. The second-order valence-corrected chi connectivity index (χ2v) is 5.05. The van der Waals surface area contributed by atoms with Crippen LogP contribution in [0.25, 0.3) is 16.9 Å². The van der Waals surface area contributed by atoms with Crippen molar-refractivity contribution in [1.29, 1.82) is 0 Å².